The molecule has 0 spiro atoms. The summed E-state index contributed by atoms with van der Waals surface area (Å²) in [6.45, 7) is 0. The molecule has 3 heteroatoms. The second-order valence-electron chi connectivity index (χ2n) is 7.50. The summed E-state index contributed by atoms with van der Waals surface area (Å²) in [5.74, 6) is 1.65. The van der Waals surface area contributed by atoms with Crippen LogP contribution in [0, 0.1) is 12.0 Å². The van der Waals surface area contributed by atoms with E-state index >= 15 is 0 Å². The largest absolute Gasteiger partial charge is 1.00 e. The number of hydrogen-bond donors (Lipinski definition) is 0. The van der Waals surface area contributed by atoms with Crippen molar-refractivity contribution in [3.63, 3.8) is 0 Å². The van der Waals surface area contributed by atoms with Crippen molar-refractivity contribution < 1.29 is 49.0 Å². The average Bonchev–Trinajstić information content (AvgIpc) is 3.31. The van der Waals surface area contributed by atoms with Crippen molar-refractivity contribution in [1.82, 2.24) is 0 Å². The molecule has 0 aliphatic heterocycles. The number of rotatable bonds is 2. The third-order valence-electron chi connectivity index (χ3n) is 6.17. The number of hydrogen-bond acceptors (Lipinski definition) is 0. The summed E-state index contributed by atoms with van der Waals surface area (Å²) in [4.78, 5) is 0. The maximum atomic E-state index is 3.71. The zero-order valence-electron chi connectivity index (χ0n) is 16.0. The van der Waals surface area contributed by atoms with Gasteiger partial charge >= 0.3 is 28.4 Å². The molecule has 0 bridgehead atoms. The van der Waals surface area contributed by atoms with Crippen LogP contribution in [0.4, 0.5) is 0 Å². The fourth-order valence-corrected chi connectivity index (χ4v) is 5.02. The van der Waals surface area contributed by atoms with E-state index in [9.17, 15) is 0 Å². The van der Waals surface area contributed by atoms with Gasteiger partial charge in [-0.1, -0.05) is 79.3 Å². The smallest absolute Gasteiger partial charge is 1.00 e. The van der Waals surface area contributed by atoms with Crippen molar-refractivity contribution in [2.24, 2.45) is 5.92 Å². The number of allylic oxidation sites excluding steroid dienone is 2. The molecule has 144 valence electrons. The van der Waals surface area contributed by atoms with Crippen LogP contribution in [0.5, 0.6) is 0 Å². The van der Waals surface area contributed by atoms with Crippen LogP contribution in [0.15, 0.2) is 54.1 Å². The van der Waals surface area contributed by atoms with Gasteiger partial charge in [0.2, 0.25) is 0 Å². The van der Waals surface area contributed by atoms with Crippen molar-refractivity contribution in [1.29, 1.82) is 0 Å². The summed E-state index contributed by atoms with van der Waals surface area (Å²) in [5, 5.41) is 0. The van der Waals surface area contributed by atoms with E-state index in [1.165, 1.54) is 78.6 Å². The van der Waals surface area contributed by atoms with Crippen molar-refractivity contribution in [2.75, 3.05) is 0 Å². The average molecular weight is 488 g/mol. The molecule has 0 radical (unpaired) electrons. The minimum absolute atomic E-state index is 0. The molecule has 0 aromatic heterocycles. The van der Waals surface area contributed by atoms with Crippen molar-refractivity contribution >= 4 is 16.4 Å². The first-order valence-corrected chi connectivity index (χ1v) is 11.5. The van der Waals surface area contributed by atoms with Crippen LogP contribution in [0.1, 0.15) is 66.2 Å². The Morgan fingerprint density at radius 2 is 1.39 bits per heavy atom. The molecule has 2 atom stereocenters. The van der Waals surface area contributed by atoms with E-state index in [0.29, 0.717) is 11.8 Å². The Kier molecular flexibility index (Phi) is 9.13. The standard InChI is InChI=1S/C24H23.CH2.2ClH.Zr/c1-2-8-17(9-3-1)23-16-19-11-5-7-13-21(19)24(23)22-15-14-18-10-4-6-12-20(18)22;;;;/h4-7,10-14,16-17,22,24H,1-3,8-9H2;1H2;2*1H;/q-1;;;;+2/p-2. The molecule has 2 aromatic rings. The van der Waals surface area contributed by atoms with Crippen molar-refractivity contribution in [3.05, 3.63) is 82.4 Å². The van der Waals surface area contributed by atoms with Gasteiger partial charge in [0.1, 0.15) is 0 Å². The first kappa shape index (κ1) is 23.5. The van der Waals surface area contributed by atoms with Gasteiger partial charge in [-0.2, -0.15) is 5.56 Å². The van der Waals surface area contributed by atoms with Crippen LogP contribution in [0.3, 0.4) is 0 Å². The molecule has 0 N–H and O–H groups in total. The van der Waals surface area contributed by atoms with Gasteiger partial charge in [-0.15, -0.1) is 11.6 Å². The third kappa shape index (κ3) is 4.38. The normalized spacial score (nSPS) is 22.0. The molecule has 2 unspecified atom stereocenters. The molecule has 2 aromatic carbocycles. The Labute approximate surface area is 196 Å². The molecule has 0 amide bonds. The second-order valence-corrected chi connectivity index (χ2v) is 7.50. The predicted molar refractivity (Wildman–Crippen MR) is 108 cm³/mol. The summed E-state index contributed by atoms with van der Waals surface area (Å²) in [6, 6.07) is 17.9. The van der Waals surface area contributed by atoms with Crippen LogP contribution in [-0.4, -0.2) is 4.21 Å². The summed E-state index contributed by atoms with van der Waals surface area (Å²) >= 11 is 1.30. The minimum Gasteiger partial charge on any atom is -1.00 e. The van der Waals surface area contributed by atoms with E-state index in [1.54, 1.807) is 5.57 Å². The van der Waals surface area contributed by atoms with Crippen molar-refractivity contribution in [3.8, 4) is 0 Å². The third-order valence-corrected chi connectivity index (χ3v) is 6.17. The first-order chi connectivity index (χ1) is 12.9. The summed E-state index contributed by atoms with van der Waals surface area (Å²) < 4.78 is 3.34. The number of fused-ring (bicyclic) bond motifs is 2. The zero-order valence-corrected chi connectivity index (χ0v) is 20.0. The van der Waals surface area contributed by atoms with E-state index in [2.05, 4.69) is 71.0 Å². The molecular formula is C25H25Cl2Zr-. The minimum atomic E-state index is 0. The van der Waals surface area contributed by atoms with E-state index < -0.39 is 0 Å². The van der Waals surface area contributed by atoms with Crippen LogP contribution in [0.2, 0.25) is 0 Å². The van der Waals surface area contributed by atoms with Gasteiger partial charge in [0.25, 0.3) is 0 Å². The van der Waals surface area contributed by atoms with Gasteiger partial charge in [-0.25, -0.2) is 6.08 Å². The SMILES string of the molecule is [C-]1=Cc2ccccc2C1C1C(C2CCCCC2)=Cc2ccccc21.[CH2]=[Zr+2].[Cl-].[Cl-]. The molecule has 0 nitrogen and oxygen atoms in total. The van der Waals surface area contributed by atoms with Gasteiger partial charge in [0.05, 0.1) is 0 Å². The quantitative estimate of drug-likeness (QED) is 0.536. The number of benzene rings is 2. The van der Waals surface area contributed by atoms with Crippen molar-refractivity contribution in [2.45, 2.75) is 43.9 Å². The van der Waals surface area contributed by atoms with Gasteiger partial charge in [-0.05, 0) is 35.8 Å². The van der Waals surface area contributed by atoms with Crippen LogP contribution < -0.4 is 24.8 Å². The van der Waals surface area contributed by atoms with Gasteiger partial charge in [-0.3, -0.25) is 6.08 Å². The van der Waals surface area contributed by atoms with Gasteiger partial charge in [0, 0.05) is 0 Å². The zero-order chi connectivity index (χ0) is 17.9. The first-order valence-electron chi connectivity index (χ1n) is 9.76. The molecule has 5 rings (SSSR count). The molecule has 1 saturated carbocycles. The molecular weight excluding hydrogens is 462 g/mol. The van der Waals surface area contributed by atoms with Crippen LogP contribution in [-0.2, 0) is 24.2 Å². The summed E-state index contributed by atoms with van der Waals surface area (Å²) in [7, 11) is 0. The Morgan fingerprint density at radius 3 is 2.11 bits per heavy atom. The van der Waals surface area contributed by atoms with E-state index in [-0.39, 0.29) is 24.8 Å². The van der Waals surface area contributed by atoms with E-state index in [0.717, 1.165) is 5.92 Å². The number of halogens is 2. The van der Waals surface area contributed by atoms with Crippen LogP contribution >= 0.6 is 0 Å². The maximum Gasteiger partial charge on any atom is -1.00 e. The Morgan fingerprint density at radius 1 is 0.786 bits per heavy atom. The Balaban J connectivity index is 0.000000680. The summed E-state index contributed by atoms with van der Waals surface area (Å²) in [6.07, 6.45) is 15.4. The second kappa shape index (κ2) is 10.9. The maximum absolute atomic E-state index is 3.71. The molecule has 0 saturated heterocycles. The molecule has 3 aliphatic rings. The Bertz CT molecular complexity index is 849. The fourth-order valence-electron chi connectivity index (χ4n) is 5.02. The fraction of sp³-hybridized carbons (Fsp3) is 0.320. The Hall–Kier alpha value is -0.747. The molecule has 0 heterocycles. The predicted octanol–water partition coefficient (Wildman–Crippen LogP) is 0.334. The topological polar surface area (TPSA) is 0 Å². The van der Waals surface area contributed by atoms with Gasteiger partial charge < -0.3 is 24.8 Å². The summed E-state index contributed by atoms with van der Waals surface area (Å²) in [5.41, 5.74) is 7.45. The monoisotopic (exact) mass is 485 g/mol. The molecule has 1 fully saturated rings. The molecule has 28 heavy (non-hydrogen) atoms. The van der Waals surface area contributed by atoms with Crippen LogP contribution in [0.25, 0.3) is 12.2 Å². The van der Waals surface area contributed by atoms with E-state index in [1.807, 2.05) is 0 Å². The van der Waals surface area contributed by atoms with E-state index in [4.69, 9.17) is 0 Å². The molecule has 3 aliphatic carbocycles. The van der Waals surface area contributed by atoms with Gasteiger partial charge in [0.15, 0.2) is 0 Å².